The molecule has 0 aromatic heterocycles. The van der Waals surface area contributed by atoms with Crippen LogP contribution in [-0.4, -0.2) is 32.0 Å². The van der Waals surface area contributed by atoms with Crippen LogP contribution in [0.25, 0.3) is 0 Å². The fourth-order valence-electron chi connectivity index (χ4n) is 0.908. The summed E-state index contributed by atoms with van der Waals surface area (Å²) in [4.78, 5) is 0. The number of hydrogen-bond acceptors (Lipinski definition) is 3. The molecule has 2 atom stereocenters. The average molecular weight is 203 g/mol. The summed E-state index contributed by atoms with van der Waals surface area (Å²) in [7, 11) is 0. The second kappa shape index (κ2) is 8.21. The van der Waals surface area contributed by atoms with Gasteiger partial charge in [0.1, 0.15) is 0 Å². The third-order valence-electron chi connectivity index (χ3n) is 1.92. The quantitative estimate of drug-likeness (QED) is 0.654. The first-order valence-electron chi connectivity index (χ1n) is 5.51. The van der Waals surface area contributed by atoms with Crippen molar-refractivity contribution in [1.82, 2.24) is 0 Å². The Morgan fingerprint density at radius 2 is 1.71 bits per heavy atom. The molecule has 0 aromatic rings. The van der Waals surface area contributed by atoms with E-state index in [2.05, 4.69) is 20.8 Å². The molecule has 2 N–H and O–H groups in total. The van der Waals surface area contributed by atoms with Crippen LogP contribution < -0.4 is 5.73 Å². The molecule has 0 radical (unpaired) electrons. The number of hydrogen-bond donors (Lipinski definition) is 1. The molecule has 0 spiro atoms. The van der Waals surface area contributed by atoms with Crippen LogP contribution >= 0.6 is 0 Å². The van der Waals surface area contributed by atoms with Crippen molar-refractivity contribution < 1.29 is 9.47 Å². The van der Waals surface area contributed by atoms with Crippen molar-refractivity contribution in [1.29, 1.82) is 0 Å². The van der Waals surface area contributed by atoms with Crippen molar-refractivity contribution in [2.75, 3.05) is 19.8 Å². The topological polar surface area (TPSA) is 44.5 Å². The van der Waals surface area contributed by atoms with Crippen molar-refractivity contribution in [3.63, 3.8) is 0 Å². The van der Waals surface area contributed by atoms with Gasteiger partial charge < -0.3 is 15.2 Å². The molecule has 0 aliphatic carbocycles. The van der Waals surface area contributed by atoms with E-state index in [4.69, 9.17) is 15.2 Å². The van der Waals surface area contributed by atoms with Gasteiger partial charge >= 0.3 is 0 Å². The Morgan fingerprint density at radius 3 is 2.21 bits per heavy atom. The molecule has 2 unspecified atom stereocenters. The highest BCUT2D eigenvalue weighted by molar-refractivity contribution is 4.57. The van der Waals surface area contributed by atoms with Gasteiger partial charge in [-0.25, -0.2) is 0 Å². The summed E-state index contributed by atoms with van der Waals surface area (Å²) >= 11 is 0. The Labute approximate surface area is 88.0 Å². The zero-order valence-electron chi connectivity index (χ0n) is 9.95. The number of rotatable bonds is 8. The van der Waals surface area contributed by atoms with Gasteiger partial charge in [-0.3, -0.25) is 0 Å². The summed E-state index contributed by atoms with van der Waals surface area (Å²) in [6, 6.07) is 0.160. The molecule has 14 heavy (non-hydrogen) atoms. The predicted molar refractivity (Wildman–Crippen MR) is 59.3 cm³/mol. The smallest absolute Gasteiger partial charge is 0.0780 e. The maximum Gasteiger partial charge on any atom is 0.0780 e. The summed E-state index contributed by atoms with van der Waals surface area (Å²) in [6.07, 6.45) is 1.13. The highest BCUT2D eigenvalue weighted by atomic mass is 16.5. The first-order chi connectivity index (χ1) is 6.56. The highest BCUT2D eigenvalue weighted by Crippen LogP contribution is 1.99. The summed E-state index contributed by atoms with van der Waals surface area (Å²) in [5.41, 5.74) is 5.72. The van der Waals surface area contributed by atoms with Crippen LogP contribution in [0.1, 0.15) is 34.1 Å². The Kier molecular flexibility index (Phi) is 8.14. The van der Waals surface area contributed by atoms with Crippen LogP contribution in [0.2, 0.25) is 0 Å². The molecular formula is C11H25NO2. The molecule has 0 bridgehead atoms. The van der Waals surface area contributed by atoms with Crippen LogP contribution in [0.4, 0.5) is 0 Å². The average Bonchev–Trinajstić information content (AvgIpc) is 2.14. The van der Waals surface area contributed by atoms with Crippen molar-refractivity contribution in [3.8, 4) is 0 Å². The summed E-state index contributed by atoms with van der Waals surface area (Å²) in [6.45, 7) is 10.4. The van der Waals surface area contributed by atoms with Crippen LogP contribution in [0, 0.1) is 5.92 Å². The highest BCUT2D eigenvalue weighted by Gasteiger charge is 2.05. The first-order valence-corrected chi connectivity index (χ1v) is 5.51. The van der Waals surface area contributed by atoms with Crippen LogP contribution in [0.5, 0.6) is 0 Å². The molecular weight excluding hydrogens is 178 g/mol. The standard InChI is InChI=1S/C11H25NO2/c1-5-11(12)8-13-7-10(4)14-6-9(2)3/h9-11H,5-8,12H2,1-4H3. The molecule has 0 rings (SSSR count). The number of ether oxygens (including phenoxy) is 2. The van der Waals surface area contributed by atoms with Crippen molar-refractivity contribution in [2.24, 2.45) is 11.7 Å². The minimum atomic E-state index is 0.160. The van der Waals surface area contributed by atoms with E-state index in [-0.39, 0.29) is 12.1 Å². The molecule has 0 fully saturated rings. The largest absolute Gasteiger partial charge is 0.377 e. The van der Waals surface area contributed by atoms with Gasteiger partial charge in [0.05, 0.1) is 19.3 Å². The van der Waals surface area contributed by atoms with E-state index in [0.717, 1.165) is 13.0 Å². The van der Waals surface area contributed by atoms with E-state index in [1.807, 2.05) is 6.92 Å². The summed E-state index contributed by atoms with van der Waals surface area (Å²) in [5.74, 6) is 0.579. The van der Waals surface area contributed by atoms with E-state index in [9.17, 15) is 0 Å². The van der Waals surface area contributed by atoms with Gasteiger partial charge in [-0.05, 0) is 19.3 Å². The van der Waals surface area contributed by atoms with Gasteiger partial charge in [0.15, 0.2) is 0 Å². The summed E-state index contributed by atoms with van der Waals surface area (Å²) in [5, 5.41) is 0. The second-order valence-corrected chi connectivity index (χ2v) is 4.24. The molecule has 0 heterocycles. The van der Waals surface area contributed by atoms with Crippen LogP contribution in [0.15, 0.2) is 0 Å². The Balaban J connectivity index is 3.30. The van der Waals surface area contributed by atoms with E-state index >= 15 is 0 Å². The zero-order chi connectivity index (χ0) is 11.0. The van der Waals surface area contributed by atoms with Gasteiger partial charge in [-0.1, -0.05) is 20.8 Å². The van der Waals surface area contributed by atoms with Gasteiger partial charge in [-0.15, -0.1) is 0 Å². The summed E-state index contributed by atoms with van der Waals surface area (Å²) < 4.78 is 11.0. The maximum absolute atomic E-state index is 5.72. The molecule has 0 saturated carbocycles. The lowest BCUT2D eigenvalue weighted by atomic mass is 10.2. The third kappa shape index (κ3) is 8.48. The Hall–Kier alpha value is -0.120. The minimum Gasteiger partial charge on any atom is -0.377 e. The lowest BCUT2D eigenvalue weighted by molar-refractivity contribution is -0.0188. The van der Waals surface area contributed by atoms with Gasteiger partial charge in [0.2, 0.25) is 0 Å². The fourth-order valence-corrected chi connectivity index (χ4v) is 0.908. The van der Waals surface area contributed by atoms with Gasteiger partial charge in [0, 0.05) is 12.6 Å². The van der Waals surface area contributed by atoms with E-state index in [0.29, 0.717) is 19.1 Å². The second-order valence-electron chi connectivity index (χ2n) is 4.24. The van der Waals surface area contributed by atoms with Crippen molar-refractivity contribution in [3.05, 3.63) is 0 Å². The number of nitrogens with two attached hydrogens (primary N) is 1. The van der Waals surface area contributed by atoms with Crippen molar-refractivity contribution >= 4 is 0 Å². The SMILES string of the molecule is CCC(N)COCC(C)OCC(C)C. The first kappa shape index (κ1) is 13.9. The lowest BCUT2D eigenvalue weighted by Crippen LogP contribution is -2.28. The maximum atomic E-state index is 5.72. The van der Waals surface area contributed by atoms with E-state index in [1.165, 1.54) is 0 Å². The zero-order valence-corrected chi connectivity index (χ0v) is 9.95. The molecule has 3 heteroatoms. The van der Waals surface area contributed by atoms with Crippen LogP contribution in [-0.2, 0) is 9.47 Å². The Morgan fingerprint density at radius 1 is 1.07 bits per heavy atom. The normalized spacial score (nSPS) is 15.9. The third-order valence-corrected chi connectivity index (χ3v) is 1.92. The molecule has 0 aliphatic rings. The van der Waals surface area contributed by atoms with Gasteiger partial charge in [0.25, 0.3) is 0 Å². The molecule has 0 aromatic carbocycles. The fraction of sp³-hybridized carbons (Fsp3) is 1.00. The molecule has 86 valence electrons. The van der Waals surface area contributed by atoms with Gasteiger partial charge in [-0.2, -0.15) is 0 Å². The molecule has 0 saturated heterocycles. The minimum absolute atomic E-state index is 0.160. The molecule has 0 aliphatic heterocycles. The predicted octanol–water partition coefficient (Wildman–Crippen LogP) is 1.80. The van der Waals surface area contributed by atoms with Crippen molar-refractivity contribution in [2.45, 2.75) is 46.3 Å². The molecule has 3 nitrogen and oxygen atoms in total. The monoisotopic (exact) mass is 203 g/mol. The van der Waals surface area contributed by atoms with E-state index in [1.54, 1.807) is 0 Å². The lowest BCUT2D eigenvalue weighted by Gasteiger charge is -2.16. The van der Waals surface area contributed by atoms with Crippen LogP contribution in [0.3, 0.4) is 0 Å². The van der Waals surface area contributed by atoms with E-state index < -0.39 is 0 Å². The Bertz CT molecular complexity index is 128. The molecule has 0 amide bonds.